The Kier molecular flexibility index (Phi) is 12.7. The van der Waals surface area contributed by atoms with Gasteiger partial charge in [0, 0.05) is 83.7 Å². The van der Waals surface area contributed by atoms with Crippen LogP contribution in [0.15, 0.2) is 144 Å². The van der Waals surface area contributed by atoms with Gasteiger partial charge in [0.1, 0.15) is 12.0 Å². The highest BCUT2D eigenvalue weighted by atomic mass is 32.2. The number of nitro benzene ring substituents is 1. The molecule has 0 unspecified atom stereocenters. The lowest BCUT2D eigenvalue weighted by Gasteiger charge is -2.36. The molecule has 312 valence electrons. The average Bonchev–Trinajstić information content (AvgIpc) is 3.27. The van der Waals surface area contributed by atoms with E-state index in [1.165, 1.54) is 29.6 Å². The van der Waals surface area contributed by atoms with Gasteiger partial charge < -0.3 is 15.1 Å². The molecule has 3 heterocycles. The van der Waals surface area contributed by atoms with Crippen LogP contribution in [0.5, 0.6) is 0 Å². The second kappa shape index (κ2) is 18.6. The fourth-order valence-electron chi connectivity index (χ4n) is 7.57. The number of fused-ring (bicyclic) bond motifs is 2. The van der Waals surface area contributed by atoms with Gasteiger partial charge in [0.2, 0.25) is 0 Å². The minimum absolute atomic E-state index is 0.0909. The van der Waals surface area contributed by atoms with Crippen LogP contribution in [0.3, 0.4) is 0 Å². The van der Waals surface area contributed by atoms with Gasteiger partial charge >= 0.3 is 0 Å². The Morgan fingerprint density at radius 2 is 1.61 bits per heavy atom. The van der Waals surface area contributed by atoms with Gasteiger partial charge in [-0.2, -0.15) is 0 Å². The van der Waals surface area contributed by atoms with Crippen molar-refractivity contribution < 1.29 is 13.3 Å². The quantitative estimate of drug-likeness (QED) is 0.0546. The van der Waals surface area contributed by atoms with Crippen molar-refractivity contribution in [2.75, 3.05) is 67.5 Å². The van der Waals surface area contributed by atoms with Crippen molar-refractivity contribution in [3.8, 4) is 11.1 Å². The molecule has 1 fully saturated rings. The van der Waals surface area contributed by atoms with Crippen molar-refractivity contribution >= 4 is 66.5 Å². The van der Waals surface area contributed by atoms with E-state index >= 15 is 0 Å². The number of thioether (sulfide) groups is 1. The number of benzene rings is 5. The molecule has 0 saturated carbocycles. The number of aromatic nitrogens is 3. The number of hydrogen-bond donors (Lipinski definition) is 2. The molecule has 1 atom stereocenters. The smallest absolute Gasteiger partial charge is 0.293 e. The summed E-state index contributed by atoms with van der Waals surface area (Å²) in [6.07, 6.45) is 4.00. The average molecular weight is 854 g/mol. The summed E-state index contributed by atoms with van der Waals surface area (Å²) in [5, 5.41) is 17.3. The number of anilines is 3. The van der Waals surface area contributed by atoms with Crippen molar-refractivity contribution in [2.24, 2.45) is 0 Å². The molecule has 0 bridgehead atoms. The first kappa shape index (κ1) is 41.6. The van der Waals surface area contributed by atoms with E-state index in [2.05, 4.69) is 71.1 Å². The largest absolute Gasteiger partial charge is 0.376 e. The lowest BCUT2D eigenvalue weighted by molar-refractivity contribution is -0.384. The van der Waals surface area contributed by atoms with E-state index in [0.717, 1.165) is 78.8 Å². The number of nitro groups is 1. The molecule has 0 radical (unpaired) electrons. The van der Waals surface area contributed by atoms with E-state index < -0.39 is 14.9 Å². The molecule has 0 amide bonds. The van der Waals surface area contributed by atoms with Crippen LogP contribution in [0.2, 0.25) is 0 Å². The van der Waals surface area contributed by atoms with Crippen LogP contribution < -0.4 is 14.9 Å². The van der Waals surface area contributed by atoms with Crippen LogP contribution in [-0.2, 0) is 16.6 Å². The van der Waals surface area contributed by atoms with E-state index in [9.17, 15) is 18.5 Å². The highest BCUT2D eigenvalue weighted by Gasteiger charge is 2.25. The lowest BCUT2D eigenvalue weighted by Crippen LogP contribution is -2.46. The second-order valence-corrected chi connectivity index (χ2v) is 18.1. The number of sulfonamides is 1. The summed E-state index contributed by atoms with van der Waals surface area (Å²) in [6.45, 7) is 4.92. The first-order valence-corrected chi connectivity index (χ1v) is 22.6. The van der Waals surface area contributed by atoms with Gasteiger partial charge in [-0.25, -0.2) is 18.4 Å². The predicted molar refractivity (Wildman–Crippen MR) is 246 cm³/mol. The van der Waals surface area contributed by atoms with Crippen LogP contribution in [0.1, 0.15) is 12.0 Å². The molecule has 15 heteroatoms. The number of para-hydroxylation sites is 1. The standard InChI is InChI=1S/C46H47N9O4S2/c1-52(2)21-20-36(31-60-38-12-4-3-5-13-38)50-43-19-17-39(28-45(43)55(56)57)61(58,59)51-46-41-18-16-37(27-44(41)48-32-49-46)54-24-22-53(23-25-54)30-34-11-6-8-14-40(34)35-26-33-10-7-9-15-42(33)47-29-35/h3-19,26-29,32,36,50H,20-25,30-31H2,1-2H3,(H,48,49,51)/t36-/m1/s1. The molecule has 1 saturated heterocycles. The minimum atomic E-state index is -4.27. The molecule has 13 nitrogen and oxygen atoms in total. The summed E-state index contributed by atoms with van der Waals surface area (Å²) in [5.74, 6) is 0.754. The van der Waals surface area contributed by atoms with Gasteiger partial charge in [-0.3, -0.25) is 24.7 Å². The molecule has 0 aliphatic carbocycles. The topological polar surface area (TPSA) is 150 Å². The van der Waals surface area contributed by atoms with Crippen LogP contribution in [0, 0.1) is 10.1 Å². The number of piperazine rings is 1. The fourth-order valence-corrected chi connectivity index (χ4v) is 9.61. The van der Waals surface area contributed by atoms with Crippen molar-refractivity contribution in [2.45, 2.75) is 28.8 Å². The van der Waals surface area contributed by atoms with E-state index in [1.54, 1.807) is 11.8 Å². The Morgan fingerprint density at radius 3 is 2.41 bits per heavy atom. The summed E-state index contributed by atoms with van der Waals surface area (Å²) in [4.78, 5) is 32.9. The molecule has 8 rings (SSSR count). The molecule has 61 heavy (non-hydrogen) atoms. The number of nitrogens with one attached hydrogen (secondary N) is 2. The molecule has 0 spiro atoms. The lowest BCUT2D eigenvalue weighted by atomic mass is 9.99. The maximum atomic E-state index is 13.8. The Morgan fingerprint density at radius 1 is 0.836 bits per heavy atom. The van der Waals surface area contributed by atoms with Crippen molar-refractivity contribution in [1.29, 1.82) is 0 Å². The molecular formula is C46H47N9O4S2. The highest BCUT2D eigenvalue weighted by molar-refractivity contribution is 7.99. The second-order valence-electron chi connectivity index (χ2n) is 15.4. The van der Waals surface area contributed by atoms with Crippen molar-refractivity contribution in [3.63, 3.8) is 0 Å². The van der Waals surface area contributed by atoms with Gasteiger partial charge in [0.25, 0.3) is 15.7 Å². The number of rotatable bonds is 16. The zero-order valence-electron chi connectivity index (χ0n) is 34.0. The maximum absolute atomic E-state index is 13.8. The molecular weight excluding hydrogens is 807 g/mol. The van der Waals surface area contributed by atoms with Crippen LogP contribution in [0.4, 0.5) is 22.9 Å². The summed E-state index contributed by atoms with van der Waals surface area (Å²) in [5.41, 5.74) is 6.01. The Labute approximate surface area is 360 Å². The number of hydrogen-bond acceptors (Lipinski definition) is 12. The zero-order valence-corrected chi connectivity index (χ0v) is 35.6. The van der Waals surface area contributed by atoms with E-state index in [0.29, 0.717) is 16.7 Å². The molecule has 2 N–H and O–H groups in total. The maximum Gasteiger partial charge on any atom is 0.293 e. The molecule has 5 aromatic carbocycles. The minimum Gasteiger partial charge on any atom is -0.376 e. The van der Waals surface area contributed by atoms with E-state index in [4.69, 9.17) is 4.98 Å². The summed E-state index contributed by atoms with van der Waals surface area (Å²) < 4.78 is 30.1. The Balaban J connectivity index is 0.933. The fraction of sp³-hybridized carbons (Fsp3) is 0.239. The van der Waals surface area contributed by atoms with E-state index in [-0.39, 0.29) is 28.1 Å². The summed E-state index contributed by atoms with van der Waals surface area (Å²) >= 11 is 1.66. The van der Waals surface area contributed by atoms with Crippen LogP contribution in [-0.4, -0.2) is 96.7 Å². The third kappa shape index (κ3) is 10.1. The number of nitrogens with zero attached hydrogens (tertiary/aromatic N) is 7. The molecule has 7 aromatic rings. The van der Waals surface area contributed by atoms with E-state index in [1.807, 2.05) is 87.0 Å². The first-order valence-electron chi connectivity index (χ1n) is 20.2. The summed E-state index contributed by atoms with van der Waals surface area (Å²) in [7, 11) is -0.313. The normalized spacial score (nSPS) is 14.0. The van der Waals surface area contributed by atoms with Gasteiger partial charge in [-0.05, 0) is 92.8 Å². The van der Waals surface area contributed by atoms with Gasteiger partial charge in [0.05, 0.1) is 20.9 Å². The third-order valence-electron chi connectivity index (χ3n) is 10.9. The zero-order chi connectivity index (χ0) is 42.3. The first-order chi connectivity index (χ1) is 29.6. The highest BCUT2D eigenvalue weighted by Crippen LogP contribution is 2.33. The molecule has 1 aliphatic rings. The molecule has 1 aliphatic heterocycles. The van der Waals surface area contributed by atoms with Crippen LogP contribution in [0.25, 0.3) is 32.9 Å². The predicted octanol–water partition coefficient (Wildman–Crippen LogP) is 8.40. The Bertz CT molecular complexity index is 2770. The van der Waals surface area contributed by atoms with Crippen molar-refractivity contribution in [1.82, 2.24) is 24.8 Å². The SMILES string of the molecule is CN(C)CC[C@H](CSc1ccccc1)Nc1ccc(S(=O)(=O)Nc2ncnc3cc(N4CCN(Cc5ccccc5-c5cnc6ccccc6c5)CC4)ccc23)cc1[N+](=O)[O-]. The Hall–Kier alpha value is -6.13. The van der Waals surface area contributed by atoms with Gasteiger partial charge in [0.15, 0.2) is 5.82 Å². The summed E-state index contributed by atoms with van der Waals surface area (Å²) in [6, 6.07) is 38.4. The van der Waals surface area contributed by atoms with Gasteiger partial charge in [-0.1, -0.05) is 60.7 Å². The monoisotopic (exact) mass is 853 g/mol. The van der Waals surface area contributed by atoms with Crippen molar-refractivity contribution in [3.05, 3.63) is 150 Å². The molecule has 2 aromatic heterocycles. The van der Waals surface area contributed by atoms with Crippen LogP contribution >= 0.6 is 11.8 Å². The third-order valence-corrected chi connectivity index (χ3v) is 13.4. The van der Waals surface area contributed by atoms with Gasteiger partial charge in [-0.15, -0.1) is 11.8 Å². The number of pyridine rings is 1.